The van der Waals surface area contributed by atoms with Crippen LogP contribution in [-0.2, 0) is 9.84 Å². The molecule has 0 unspecified atom stereocenters. The zero-order valence-corrected chi connectivity index (χ0v) is 14.5. The Hall–Kier alpha value is 0.160. The first-order valence-corrected chi connectivity index (χ1v) is 9.92. The molecule has 1 aliphatic carbocycles. The van der Waals surface area contributed by atoms with Crippen LogP contribution in [0.3, 0.4) is 0 Å². The van der Waals surface area contributed by atoms with E-state index in [1.807, 2.05) is 0 Å². The highest BCUT2D eigenvalue weighted by Gasteiger charge is 2.48. The highest BCUT2D eigenvalue weighted by molar-refractivity contribution is 7.92. The second kappa shape index (κ2) is 7.16. The van der Waals surface area contributed by atoms with Crippen molar-refractivity contribution in [2.75, 3.05) is 38.5 Å². The highest BCUT2D eigenvalue weighted by atomic mass is 35.5. The normalized spacial score (nSPS) is 29.9. The largest absolute Gasteiger partial charge is 0.317 e. The molecule has 2 saturated heterocycles. The van der Waals surface area contributed by atoms with Gasteiger partial charge in [-0.25, -0.2) is 8.42 Å². The van der Waals surface area contributed by atoms with E-state index in [9.17, 15) is 8.42 Å². The molecule has 1 N–H and O–H groups in total. The van der Waals surface area contributed by atoms with Crippen LogP contribution in [0.5, 0.6) is 0 Å². The van der Waals surface area contributed by atoms with Gasteiger partial charge in [0.15, 0.2) is 9.84 Å². The first-order valence-electron chi connectivity index (χ1n) is 8.27. The number of sulfone groups is 1. The molecule has 1 spiro atoms. The van der Waals surface area contributed by atoms with Gasteiger partial charge in [-0.3, -0.25) is 0 Å². The number of nitrogens with one attached hydrogen (secondary N) is 1. The van der Waals surface area contributed by atoms with Crippen LogP contribution in [0.15, 0.2) is 0 Å². The van der Waals surface area contributed by atoms with Gasteiger partial charge in [-0.2, -0.15) is 0 Å². The lowest BCUT2D eigenvalue weighted by Crippen LogP contribution is -2.58. The maximum atomic E-state index is 12.6. The summed E-state index contributed by atoms with van der Waals surface area (Å²) in [5, 5.41) is 3.41. The van der Waals surface area contributed by atoms with Crippen LogP contribution in [-0.4, -0.2) is 56.5 Å². The van der Waals surface area contributed by atoms with Crippen LogP contribution < -0.4 is 5.32 Å². The molecule has 6 heteroatoms. The van der Waals surface area contributed by atoms with Crippen LogP contribution in [0.1, 0.15) is 44.9 Å². The summed E-state index contributed by atoms with van der Waals surface area (Å²) >= 11 is 0. The summed E-state index contributed by atoms with van der Waals surface area (Å²) in [5.74, 6) is 1.15. The predicted molar refractivity (Wildman–Crippen MR) is 88.9 cm³/mol. The average molecular weight is 337 g/mol. The summed E-state index contributed by atoms with van der Waals surface area (Å²) in [6.45, 7) is 4.93. The lowest BCUT2D eigenvalue weighted by molar-refractivity contribution is 0.168. The molecule has 3 aliphatic rings. The third-order valence-electron chi connectivity index (χ3n) is 5.59. The molecular formula is C15H29ClN2O2S. The van der Waals surface area contributed by atoms with Crippen molar-refractivity contribution in [3.8, 4) is 0 Å². The van der Waals surface area contributed by atoms with Gasteiger partial charge in [0.2, 0.25) is 0 Å². The van der Waals surface area contributed by atoms with E-state index in [0.717, 1.165) is 64.3 Å². The van der Waals surface area contributed by atoms with Gasteiger partial charge in [-0.15, -0.1) is 12.4 Å². The Morgan fingerprint density at radius 2 is 1.76 bits per heavy atom. The number of halogens is 1. The fraction of sp³-hybridized carbons (Fsp3) is 1.00. The molecule has 3 fully saturated rings. The highest BCUT2D eigenvalue weighted by Crippen LogP contribution is 2.39. The van der Waals surface area contributed by atoms with Gasteiger partial charge in [-0.1, -0.05) is 19.3 Å². The molecule has 0 amide bonds. The molecule has 0 atom stereocenters. The van der Waals surface area contributed by atoms with E-state index < -0.39 is 14.6 Å². The van der Waals surface area contributed by atoms with Crippen LogP contribution in [0.25, 0.3) is 0 Å². The van der Waals surface area contributed by atoms with Crippen LogP contribution >= 0.6 is 12.4 Å². The molecule has 21 heavy (non-hydrogen) atoms. The van der Waals surface area contributed by atoms with Crippen molar-refractivity contribution in [3.05, 3.63) is 0 Å². The van der Waals surface area contributed by atoms with Crippen LogP contribution in [0.4, 0.5) is 0 Å². The third-order valence-corrected chi connectivity index (χ3v) is 8.16. The minimum Gasteiger partial charge on any atom is -0.317 e. The summed E-state index contributed by atoms with van der Waals surface area (Å²) in [5.41, 5.74) is 0. The molecular weight excluding hydrogens is 308 g/mol. The van der Waals surface area contributed by atoms with Crippen LogP contribution in [0.2, 0.25) is 0 Å². The summed E-state index contributed by atoms with van der Waals surface area (Å²) < 4.78 is 24.7. The molecule has 0 radical (unpaired) electrons. The number of piperidine rings is 1. The molecule has 1 saturated carbocycles. The van der Waals surface area contributed by atoms with E-state index in [4.69, 9.17) is 0 Å². The average Bonchev–Trinajstić information content (AvgIpc) is 2.46. The lowest BCUT2D eigenvalue weighted by atomic mass is 9.87. The minimum absolute atomic E-state index is 0. The van der Waals surface area contributed by atoms with Gasteiger partial charge in [-0.05, 0) is 44.7 Å². The fourth-order valence-corrected chi connectivity index (χ4v) is 6.52. The van der Waals surface area contributed by atoms with E-state index >= 15 is 0 Å². The number of rotatable bonds is 2. The van der Waals surface area contributed by atoms with Crippen molar-refractivity contribution in [3.63, 3.8) is 0 Å². The van der Waals surface area contributed by atoms with Crippen molar-refractivity contribution < 1.29 is 8.42 Å². The Morgan fingerprint density at radius 1 is 1.10 bits per heavy atom. The van der Waals surface area contributed by atoms with E-state index in [1.165, 1.54) is 19.3 Å². The molecule has 2 heterocycles. The van der Waals surface area contributed by atoms with Gasteiger partial charge in [0, 0.05) is 19.6 Å². The lowest BCUT2D eigenvalue weighted by Gasteiger charge is -2.45. The number of hydrogen-bond acceptors (Lipinski definition) is 4. The Kier molecular flexibility index (Phi) is 5.97. The fourth-order valence-electron chi connectivity index (χ4n) is 4.30. The second-order valence-electron chi connectivity index (χ2n) is 6.99. The summed E-state index contributed by atoms with van der Waals surface area (Å²) in [7, 11) is -2.87. The third kappa shape index (κ3) is 3.74. The van der Waals surface area contributed by atoms with Crippen molar-refractivity contribution >= 4 is 22.2 Å². The molecule has 0 aromatic carbocycles. The van der Waals surface area contributed by atoms with Crippen molar-refractivity contribution in [2.24, 2.45) is 5.92 Å². The first kappa shape index (κ1) is 17.5. The van der Waals surface area contributed by atoms with Gasteiger partial charge in [0.25, 0.3) is 0 Å². The molecule has 2 aliphatic heterocycles. The Bertz CT molecular complexity index is 429. The van der Waals surface area contributed by atoms with E-state index in [-0.39, 0.29) is 12.4 Å². The van der Waals surface area contributed by atoms with Gasteiger partial charge in [0.1, 0.15) is 0 Å². The maximum Gasteiger partial charge on any atom is 0.158 e. The Balaban J connectivity index is 0.00000161. The Morgan fingerprint density at radius 3 is 2.43 bits per heavy atom. The maximum absolute atomic E-state index is 12.6. The quantitative estimate of drug-likeness (QED) is 0.836. The van der Waals surface area contributed by atoms with Crippen LogP contribution in [0, 0.1) is 5.92 Å². The summed E-state index contributed by atoms with van der Waals surface area (Å²) in [6.07, 6.45) is 7.70. The minimum atomic E-state index is -2.87. The van der Waals surface area contributed by atoms with Crippen molar-refractivity contribution in [1.82, 2.24) is 10.2 Å². The predicted octanol–water partition coefficient (Wildman–Crippen LogP) is 1.84. The molecule has 124 valence electrons. The molecule has 0 bridgehead atoms. The number of nitrogens with zero attached hydrogens (tertiary/aromatic N) is 1. The summed E-state index contributed by atoms with van der Waals surface area (Å²) in [4.78, 5) is 2.46. The zero-order valence-electron chi connectivity index (χ0n) is 12.8. The van der Waals surface area contributed by atoms with Gasteiger partial charge in [0.05, 0.1) is 10.5 Å². The molecule has 4 nitrogen and oxygen atoms in total. The summed E-state index contributed by atoms with van der Waals surface area (Å²) in [6, 6.07) is 0. The van der Waals surface area contributed by atoms with Crippen molar-refractivity contribution in [1.29, 1.82) is 0 Å². The smallest absolute Gasteiger partial charge is 0.158 e. The Labute approximate surface area is 135 Å². The first-order chi connectivity index (χ1) is 9.61. The second-order valence-corrected chi connectivity index (χ2v) is 9.49. The van der Waals surface area contributed by atoms with Crippen molar-refractivity contribution in [2.45, 2.75) is 49.7 Å². The molecule has 0 aromatic rings. The monoisotopic (exact) mass is 336 g/mol. The van der Waals surface area contributed by atoms with Gasteiger partial charge < -0.3 is 10.2 Å². The van der Waals surface area contributed by atoms with E-state index in [0.29, 0.717) is 5.75 Å². The van der Waals surface area contributed by atoms with E-state index in [1.54, 1.807) is 0 Å². The SMILES string of the molecule is Cl.O=S1(=O)CCN(CC2CCNCC2)CC12CCCCC2. The topological polar surface area (TPSA) is 49.4 Å². The van der Waals surface area contributed by atoms with E-state index in [2.05, 4.69) is 10.2 Å². The molecule has 3 rings (SSSR count). The zero-order chi connectivity index (χ0) is 14.1. The number of hydrogen-bond donors (Lipinski definition) is 1. The standard InChI is InChI=1S/C15H28N2O2S.ClH/c18-20(19)11-10-17(12-14-4-8-16-9-5-14)13-15(20)6-2-1-3-7-15;/h14,16H,1-13H2;1H. The van der Waals surface area contributed by atoms with Gasteiger partial charge >= 0.3 is 0 Å². The molecule has 0 aromatic heterocycles.